The first-order chi connectivity index (χ1) is 15.2. The molecule has 5 heteroatoms. The number of amides is 1. The van der Waals surface area contributed by atoms with E-state index in [9.17, 15) is 4.79 Å². The number of carbonyl (C=O) groups is 1. The second kappa shape index (κ2) is 8.81. The first kappa shape index (κ1) is 22.1. The molecule has 1 fully saturated rings. The molecule has 0 radical (unpaired) electrons. The highest BCUT2D eigenvalue weighted by Crippen LogP contribution is 2.36. The second-order valence-electron chi connectivity index (χ2n) is 9.66. The predicted molar refractivity (Wildman–Crippen MR) is 128 cm³/mol. The third kappa shape index (κ3) is 4.57. The fraction of sp³-hybridized carbons (Fsp3) is 0.407. The van der Waals surface area contributed by atoms with Gasteiger partial charge in [-0.2, -0.15) is 5.10 Å². The Kier molecular flexibility index (Phi) is 6.09. The van der Waals surface area contributed by atoms with Crippen molar-refractivity contribution in [2.45, 2.75) is 59.0 Å². The summed E-state index contributed by atoms with van der Waals surface area (Å²) >= 11 is 0. The quantitative estimate of drug-likeness (QED) is 0.491. The maximum absolute atomic E-state index is 12.5. The third-order valence-corrected chi connectivity index (χ3v) is 6.08. The molecule has 0 aliphatic carbocycles. The van der Waals surface area contributed by atoms with Gasteiger partial charge in [0.25, 0.3) is 0 Å². The molecule has 1 amide bonds. The fourth-order valence-corrected chi connectivity index (χ4v) is 4.47. The molecule has 1 aromatic heterocycles. The highest BCUT2D eigenvalue weighted by molar-refractivity contribution is 5.69. The predicted octanol–water partition coefficient (Wildman–Crippen LogP) is 6.27. The lowest BCUT2D eigenvalue weighted by molar-refractivity contribution is 0.0204. The highest BCUT2D eigenvalue weighted by atomic mass is 16.6. The molecule has 168 valence electrons. The summed E-state index contributed by atoms with van der Waals surface area (Å²) in [5.41, 5.74) is 6.49. The van der Waals surface area contributed by atoms with Crippen LogP contribution >= 0.6 is 0 Å². The Balaban J connectivity index is 1.65. The number of nitrogens with zero attached hydrogens (tertiary/aromatic N) is 3. The number of para-hydroxylation sites is 1. The van der Waals surface area contributed by atoms with E-state index in [-0.39, 0.29) is 6.09 Å². The van der Waals surface area contributed by atoms with Crippen molar-refractivity contribution in [1.29, 1.82) is 0 Å². The molecule has 0 bridgehead atoms. The molecular formula is C27H33N3O2. The minimum Gasteiger partial charge on any atom is -0.444 e. The minimum atomic E-state index is -0.471. The number of likely N-dealkylation sites (tertiary alicyclic amines) is 1. The third-order valence-electron chi connectivity index (χ3n) is 6.08. The maximum Gasteiger partial charge on any atom is 0.410 e. The van der Waals surface area contributed by atoms with E-state index in [0.29, 0.717) is 19.0 Å². The zero-order valence-electron chi connectivity index (χ0n) is 19.8. The lowest BCUT2D eigenvalue weighted by Crippen LogP contribution is -2.41. The second-order valence-corrected chi connectivity index (χ2v) is 9.66. The van der Waals surface area contributed by atoms with Crippen molar-refractivity contribution >= 4 is 6.09 Å². The van der Waals surface area contributed by atoms with E-state index in [1.54, 1.807) is 0 Å². The molecule has 0 unspecified atom stereocenters. The van der Waals surface area contributed by atoms with Gasteiger partial charge in [-0.1, -0.05) is 48.5 Å². The van der Waals surface area contributed by atoms with Gasteiger partial charge in [0.05, 0.1) is 17.1 Å². The number of hydrogen-bond acceptors (Lipinski definition) is 3. The van der Waals surface area contributed by atoms with Crippen LogP contribution in [0.2, 0.25) is 0 Å². The standard InChI is InChI=1S/C27H33N3O2/c1-19-11-9-10-14-23(19)30-25(22-12-7-6-8-13-22)20(2)24(28-30)21-15-17-29(18-16-21)26(31)32-27(3,4)5/h6-14,21H,15-18H2,1-5H3. The van der Waals surface area contributed by atoms with Gasteiger partial charge in [0, 0.05) is 24.6 Å². The average molecular weight is 432 g/mol. The zero-order valence-corrected chi connectivity index (χ0v) is 19.8. The summed E-state index contributed by atoms with van der Waals surface area (Å²) < 4.78 is 7.67. The van der Waals surface area contributed by atoms with Gasteiger partial charge in [-0.3, -0.25) is 0 Å². The molecule has 2 aromatic carbocycles. The van der Waals surface area contributed by atoms with Crippen LogP contribution in [0.5, 0.6) is 0 Å². The normalized spacial score (nSPS) is 15.1. The Morgan fingerprint density at radius 1 is 0.969 bits per heavy atom. The van der Waals surface area contributed by atoms with Gasteiger partial charge in [0.1, 0.15) is 5.60 Å². The summed E-state index contributed by atoms with van der Waals surface area (Å²) in [6.45, 7) is 11.4. The molecule has 1 saturated heterocycles. The van der Waals surface area contributed by atoms with Crippen molar-refractivity contribution in [3.63, 3.8) is 0 Å². The molecular weight excluding hydrogens is 398 g/mol. The molecule has 3 aromatic rings. The summed E-state index contributed by atoms with van der Waals surface area (Å²) in [5.74, 6) is 0.321. The van der Waals surface area contributed by atoms with E-state index < -0.39 is 5.60 Å². The topological polar surface area (TPSA) is 47.4 Å². The largest absolute Gasteiger partial charge is 0.444 e. The maximum atomic E-state index is 12.5. The average Bonchev–Trinajstić information content (AvgIpc) is 3.10. The van der Waals surface area contributed by atoms with Gasteiger partial charge in [-0.15, -0.1) is 0 Å². The van der Waals surface area contributed by atoms with Crippen LogP contribution < -0.4 is 0 Å². The molecule has 0 spiro atoms. The first-order valence-corrected chi connectivity index (χ1v) is 11.4. The molecule has 1 aliphatic heterocycles. The van der Waals surface area contributed by atoms with Crippen LogP contribution in [0.15, 0.2) is 54.6 Å². The molecule has 2 heterocycles. The number of piperidine rings is 1. The van der Waals surface area contributed by atoms with Gasteiger partial charge >= 0.3 is 6.09 Å². The Morgan fingerprint density at radius 3 is 2.22 bits per heavy atom. The van der Waals surface area contributed by atoms with Crippen LogP contribution in [0.1, 0.15) is 56.4 Å². The van der Waals surface area contributed by atoms with E-state index in [2.05, 4.69) is 67.1 Å². The Bertz CT molecular complexity index is 1090. The summed E-state index contributed by atoms with van der Waals surface area (Å²) in [5, 5.41) is 5.15. The summed E-state index contributed by atoms with van der Waals surface area (Å²) in [4.78, 5) is 14.3. The summed E-state index contributed by atoms with van der Waals surface area (Å²) in [6.07, 6.45) is 1.56. The van der Waals surface area contributed by atoms with Crippen LogP contribution in [0.4, 0.5) is 4.79 Å². The van der Waals surface area contributed by atoms with E-state index in [1.807, 2.05) is 31.7 Å². The van der Waals surface area contributed by atoms with Crippen molar-refractivity contribution in [2.24, 2.45) is 0 Å². The molecule has 32 heavy (non-hydrogen) atoms. The first-order valence-electron chi connectivity index (χ1n) is 11.4. The van der Waals surface area contributed by atoms with Crippen LogP contribution in [-0.4, -0.2) is 39.5 Å². The van der Waals surface area contributed by atoms with Crippen LogP contribution in [-0.2, 0) is 4.74 Å². The number of hydrogen-bond donors (Lipinski definition) is 0. The number of ether oxygens (including phenoxy) is 1. The molecule has 0 atom stereocenters. The van der Waals surface area contributed by atoms with E-state index >= 15 is 0 Å². The molecule has 0 saturated carbocycles. The van der Waals surface area contributed by atoms with Crippen LogP contribution in [0.25, 0.3) is 16.9 Å². The monoisotopic (exact) mass is 431 g/mol. The van der Waals surface area contributed by atoms with E-state index in [0.717, 1.165) is 35.5 Å². The number of rotatable bonds is 3. The number of benzene rings is 2. The van der Waals surface area contributed by atoms with E-state index in [4.69, 9.17) is 9.84 Å². The Hall–Kier alpha value is -3.08. The fourth-order valence-electron chi connectivity index (χ4n) is 4.47. The summed E-state index contributed by atoms with van der Waals surface area (Å²) in [7, 11) is 0. The summed E-state index contributed by atoms with van der Waals surface area (Å²) in [6, 6.07) is 18.9. The number of aryl methyl sites for hydroxylation is 1. The molecule has 1 aliphatic rings. The lowest BCUT2D eigenvalue weighted by atomic mass is 9.90. The van der Waals surface area contributed by atoms with Crippen molar-refractivity contribution in [1.82, 2.24) is 14.7 Å². The Labute approximate surface area is 191 Å². The number of carbonyl (C=O) groups excluding carboxylic acids is 1. The van der Waals surface area contributed by atoms with Crippen molar-refractivity contribution < 1.29 is 9.53 Å². The number of aromatic nitrogens is 2. The molecule has 4 rings (SSSR count). The van der Waals surface area contributed by atoms with Gasteiger partial charge in [-0.05, 0) is 64.7 Å². The van der Waals surface area contributed by atoms with Crippen LogP contribution in [0.3, 0.4) is 0 Å². The lowest BCUT2D eigenvalue weighted by Gasteiger charge is -2.33. The van der Waals surface area contributed by atoms with Gasteiger partial charge < -0.3 is 9.64 Å². The smallest absolute Gasteiger partial charge is 0.410 e. The van der Waals surface area contributed by atoms with Gasteiger partial charge in [0.15, 0.2) is 0 Å². The van der Waals surface area contributed by atoms with E-state index in [1.165, 1.54) is 11.1 Å². The van der Waals surface area contributed by atoms with Crippen molar-refractivity contribution in [3.8, 4) is 16.9 Å². The Morgan fingerprint density at radius 2 is 1.59 bits per heavy atom. The minimum absolute atomic E-state index is 0.219. The van der Waals surface area contributed by atoms with Gasteiger partial charge in [-0.25, -0.2) is 9.48 Å². The molecule has 0 N–H and O–H groups in total. The van der Waals surface area contributed by atoms with Crippen molar-refractivity contribution in [3.05, 3.63) is 71.4 Å². The SMILES string of the molecule is Cc1ccccc1-n1nc(C2CCN(C(=O)OC(C)(C)C)CC2)c(C)c1-c1ccccc1. The van der Waals surface area contributed by atoms with Gasteiger partial charge in [0.2, 0.25) is 0 Å². The zero-order chi connectivity index (χ0) is 22.9. The van der Waals surface area contributed by atoms with Crippen molar-refractivity contribution in [2.75, 3.05) is 13.1 Å². The highest BCUT2D eigenvalue weighted by Gasteiger charge is 2.31. The molecule has 5 nitrogen and oxygen atoms in total. The van der Waals surface area contributed by atoms with Crippen LogP contribution in [0, 0.1) is 13.8 Å².